The van der Waals surface area contributed by atoms with Gasteiger partial charge in [0.15, 0.2) is 17.7 Å². The van der Waals surface area contributed by atoms with Crippen molar-refractivity contribution in [1.82, 2.24) is 24.4 Å². The molecule has 1 aliphatic heterocycles. The van der Waals surface area contributed by atoms with Crippen molar-refractivity contribution in [3.05, 3.63) is 48.5 Å². The van der Waals surface area contributed by atoms with Gasteiger partial charge in [0, 0.05) is 19.6 Å². The van der Waals surface area contributed by atoms with Crippen LogP contribution in [0.4, 0.5) is 5.82 Å². The number of hydrogen-bond acceptors (Lipinski definition) is 10. The predicted octanol–water partition coefficient (Wildman–Crippen LogP) is -0.668. The number of nitrogens with zero attached hydrogens (tertiary/aromatic N) is 5. The van der Waals surface area contributed by atoms with E-state index in [2.05, 4.69) is 15.0 Å². The van der Waals surface area contributed by atoms with Crippen molar-refractivity contribution in [2.45, 2.75) is 43.5 Å². The highest BCUT2D eigenvalue weighted by atomic mass is 16.6. The second-order valence-corrected chi connectivity index (χ2v) is 8.08. The average molecular weight is 457 g/mol. The third-order valence-electron chi connectivity index (χ3n) is 5.76. The smallest absolute Gasteiger partial charge is 0.320 e. The van der Waals surface area contributed by atoms with Crippen LogP contribution in [0.3, 0.4) is 0 Å². The number of aliphatic hydroxyl groups excluding tert-OH is 2. The van der Waals surface area contributed by atoms with Gasteiger partial charge in [-0.2, -0.15) is 0 Å². The standard InChI is InChI=1S/C21H27N7O5/c22-13(21(31)32)6-7-27(8-12-4-2-1-3-5-12)9-14-16(29)17(30)20(33-14)28-11-26-15-18(23)24-10-25-19(15)28/h1-5,10-11,13-14,16-17,20,29-30H,6-9,22H2,(H,31,32)(H2,23,24,25)/t13-,14+,16+,17+,20+/m0/s1. The fourth-order valence-electron chi connectivity index (χ4n) is 3.94. The molecule has 0 unspecified atom stereocenters. The van der Waals surface area contributed by atoms with E-state index in [-0.39, 0.29) is 18.8 Å². The molecule has 3 aromatic rings. The maximum atomic E-state index is 11.1. The lowest BCUT2D eigenvalue weighted by Crippen LogP contribution is -2.42. The summed E-state index contributed by atoms with van der Waals surface area (Å²) in [6.07, 6.45) is -1.14. The van der Waals surface area contributed by atoms with E-state index in [1.165, 1.54) is 17.2 Å². The van der Waals surface area contributed by atoms with Crippen LogP contribution in [0.25, 0.3) is 11.2 Å². The number of aromatic nitrogens is 4. The topological polar surface area (TPSA) is 186 Å². The molecule has 0 aliphatic carbocycles. The first-order chi connectivity index (χ1) is 15.8. The van der Waals surface area contributed by atoms with E-state index in [0.717, 1.165) is 5.56 Å². The van der Waals surface area contributed by atoms with Gasteiger partial charge < -0.3 is 31.5 Å². The highest BCUT2D eigenvalue weighted by Crippen LogP contribution is 2.32. The number of ether oxygens (including phenoxy) is 1. The summed E-state index contributed by atoms with van der Waals surface area (Å²) in [5, 5.41) is 30.6. The lowest BCUT2D eigenvalue weighted by molar-refractivity contribution is -0.138. The van der Waals surface area contributed by atoms with Gasteiger partial charge in [-0.05, 0) is 12.0 Å². The van der Waals surface area contributed by atoms with Gasteiger partial charge in [-0.15, -0.1) is 0 Å². The van der Waals surface area contributed by atoms with E-state index >= 15 is 0 Å². The summed E-state index contributed by atoms with van der Waals surface area (Å²) in [4.78, 5) is 25.4. The van der Waals surface area contributed by atoms with Crippen LogP contribution >= 0.6 is 0 Å². The minimum Gasteiger partial charge on any atom is -0.480 e. The number of aliphatic carboxylic acids is 1. The molecule has 5 atom stereocenters. The summed E-state index contributed by atoms with van der Waals surface area (Å²) < 4.78 is 7.55. The van der Waals surface area contributed by atoms with Crippen LogP contribution in [0.2, 0.25) is 0 Å². The van der Waals surface area contributed by atoms with Gasteiger partial charge in [-0.25, -0.2) is 15.0 Å². The number of anilines is 1. The molecule has 0 saturated carbocycles. The molecule has 12 nitrogen and oxygen atoms in total. The highest BCUT2D eigenvalue weighted by molar-refractivity contribution is 5.81. The van der Waals surface area contributed by atoms with Crippen LogP contribution in [0.15, 0.2) is 43.0 Å². The minimum atomic E-state index is -1.23. The van der Waals surface area contributed by atoms with Crippen molar-refractivity contribution in [2.24, 2.45) is 5.73 Å². The van der Waals surface area contributed by atoms with Crippen LogP contribution < -0.4 is 11.5 Å². The molecule has 176 valence electrons. The number of nitrogens with two attached hydrogens (primary N) is 2. The molecule has 3 heterocycles. The quantitative estimate of drug-likeness (QED) is 0.274. The molecule has 1 aliphatic rings. The van der Waals surface area contributed by atoms with Gasteiger partial charge in [-0.3, -0.25) is 14.3 Å². The molecule has 1 fully saturated rings. The number of carboxylic acids is 1. The molecule has 4 rings (SSSR count). The summed E-state index contributed by atoms with van der Waals surface area (Å²) >= 11 is 0. The summed E-state index contributed by atoms with van der Waals surface area (Å²) in [5.41, 5.74) is 13.3. The average Bonchev–Trinajstić information content (AvgIpc) is 3.35. The molecule has 7 N–H and O–H groups in total. The Kier molecular flexibility index (Phi) is 6.81. The number of imidazole rings is 1. The molecule has 0 amide bonds. The molecule has 0 bridgehead atoms. The SMILES string of the molecule is Nc1ncnc2c1ncn2[C@@H]1O[C@H](CN(CC[C@H](N)C(=O)O)Cc2ccccc2)[C@@H](O)[C@H]1O. The number of aliphatic hydroxyl groups is 2. The van der Waals surface area contributed by atoms with E-state index in [9.17, 15) is 15.0 Å². The van der Waals surface area contributed by atoms with Crippen LogP contribution in [-0.4, -0.2) is 83.2 Å². The maximum absolute atomic E-state index is 11.1. The van der Waals surface area contributed by atoms with Crippen molar-refractivity contribution in [1.29, 1.82) is 0 Å². The van der Waals surface area contributed by atoms with Gasteiger partial charge in [0.25, 0.3) is 0 Å². The monoisotopic (exact) mass is 457 g/mol. The molecule has 12 heteroatoms. The lowest BCUT2D eigenvalue weighted by Gasteiger charge is -2.27. The number of rotatable bonds is 9. The number of nitrogen functional groups attached to an aromatic ring is 1. The Labute approximate surface area is 189 Å². The van der Waals surface area contributed by atoms with E-state index < -0.39 is 36.6 Å². The normalized spacial score (nSPS) is 23.9. The fraction of sp³-hybridized carbons (Fsp3) is 0.429. The molecular formula is C21H27N7O5. The van der Waals surface area contributed by atoms with E-state index in [1.807, 2.05) is 35.2 Å². The lowest BCUT2D eigenvalue weighted by atomic mass is 10.1. The Bertz CT molecular complexity index is 1100. The zero-order valence-electron chi connectivity index (χ0n) is 17.8. The van der Waals surface area contributed by atoms with Gasteiger partial charge in [-0.1, -0.05) is 30.3 Å². The highest BCUT2D eigenvalue weighted by Gasteiger charge is 2.44. The van der Waals surface area contributed by atoms with Crippen LogP contribution in [-0.2, 0) is 16.1 Å². The van der Waals surface area contributed by atoms with Crippen molar-refractivity contribution >= 4 is 23.0 Å². The Morgan fingerprint density at radius 3 is 2.67 bits per heavy atom. The van der Waals surface area contributed by atoms with E-state index in [4.69, 9.17) is 21.3 Å². The molecule has 33 heavy (non-hydrogen) atoms. The third-order valence-corrected chi connectivity index (χ3v) is 5.76. The minimum absolute atomic E-state index is 0.201. The molecular weight excluding hydrogens is 430 g/mol. The fourth-order valence-corrected chi connectivity index (χ4v) is 3.94. The molecule has 1 saturated heterocycles. The Morgan fingerprint density at radius 1 is 1.18 bits per heavy atom. The molecule has 0 radical (unpaired) electrons. The summed E-state index contributed by atoms with van der Waals surface area (Å²) in [5.74, 6) is -0.873. The summed E-state index contributed by atoms with van der Waals surface area (Å²) in [6, 6.07) is 8.64. The third kappa shape index (κ3) is 4.94. The van der Waals surface area contributed by atoms with Gasteiger partial charge in [0.1, 0.15) is 36.2 Å². The zero-order valence-corrected chi connectivity index (χ0v) is 17.8. The zero-order chi connectivity index (χ0) is 23.5. The number of carbonyl (C=O) groups is 1. The largest absolute Gasteiger partial charge is 0.480 e. The molecule has 0 spiro atoms. The van der Waals surface area contributed by atoms with Crippen molar-refractivity contribution < 1.29 is 24.9 Å². The maximum Gasteiger partial charge on any atom is 0.320 e. The number of fused-ring (bicyclic) bond motifs is 1. The summed E-state index contributed by atoms with van der Waals surface area (Å²) in [7, 11) is 0. The molecule has 2 aromatic heterocycles. The number of hydrogen-bond donors (Lipinski definition) is 5. The second-order valence-electron chi connectivity index (χ2n) is 8.08. The van der Waals surface area contributed by atoms with E-state index in [0.29, 0.717) is 24.3 Å². The van der Waals surface area contributed by atoms with Crippen molar-refractivity contribution in [3.63, 3.8) is 0 Å². The Morgan fingerprint density at radius 2 is 1.94 bits per heavy atom. The van der Waals surface area contributed by atoms with Crippen LogP contribution in [0.1, 0.15) is 18.2 Å². The first-order valence-electron chi connectivity index (χ1n) is 10.5. The van der Waals surface area contributed by atoms with Crippen LogP contribution in [0, 0.1) is 0 Å². The molecule has 1 aromatic carbocycles. The predicted molar refractivity (Wildman–Crippen MR) is 118 cm³/mol. The second kappa shape index (κ2) is 9.77. The first-order valence-corrected chi connectivity index (χ1v) is 10.5. The number of benzene rings is 1. The van der Waals surface area contributed by atoms with Crippen molar-refractivity contribution in [3.8, 4) is 0 Å². The summed E-state index contributed by atoms with van der Waals surface area (Å²) in [6.45, 7) is 1.12. The van der Waals surface area contributed by atoms with E-state index in [1.54, 1.807) is 0 Å². The van der Waals surface area contributed by atoms with Gasteiger partial charge in [0.05, 0.1) is 6.33 Å². The van der Waals surface area contributed by atoms with Crippen molar-refractivity contribution in [2.75, 3.05) is 18.8 Å². The van der Waals surface area contributed by atoms with Crippen LogP contribution in [0.5, 0.6) is 0 Å². The first kappa shape index (κ1) is 23.0. The van der Waals surface area contributed by atoms with Gasteiger partial charge in [0.2, 0.25) is 0 Å². The Hall–Kier alpha value is -3.16. The number of carboxylic acid groups (broad SMARTS) is 1. The van der Waals surface area contributed by atoms with Gasteiger partial charge >= 0.3 is 5.97 Å². The Balaban J connectivity index is 1.51.